The Hall–Kier alpha value is -3.52. The lowest BCUT2D eigenvalue weighted by Crippen LogP contribution is -1.92. The van der Waals surface area contributed by atoms with Crippen LogP contribution < -0.4 is 0 Å². The molecule has 0 saturated heterocycles. The second kappa shape index (κ2) is 11.2. The highest BCUT2D eigenvalue weighted by molar-refractivity contribution is 5.73. The highest BCUT2D eigenvalue weighted by atomic mass is 16.3. The van der Waals surface area contributed by atoms with Crippen LogP contribution in [0.4, 0.5) is 0 Å². The number of aryl methyl sites for hydroxylation is 2. The van der Waals surface area contributed by atoms with E-state index in [1.807, 2.05) is 36.4 Å². The van der Waals surface area contributed by atoms with Crippen molar-refractivity contribution in [3.63, 3.8) is 0 Å². The number of hydrogen-bond donors (Lipinski definition) is 2. The van der Waals surface area contributed by atoms with Crippen LogP contribution in [-0.2, 0) is 19.3 Å². The Bertz CT molecular complexity index is 1140. The molecule has 4 aromatic carbocycles. The van der Waals surface area contributed by atoms with E-state index in [0.717, 1.165) is 41.5 Å². The van der Waals surface area contributed by atoms with Crippen molar-refractivity contribution >= 4 is 0 Å². The number of phenols is 2. The van der Waals surface area contributed by atoms with Crippen molar-refractivity contribution in [2.45, 2.75) is 40.0 Å². The highest BCUT2D eigenvalue weighted by Crippen LogP contribution is 2.32. The molecule has 0 amide bonds. The minimum atomic E-state index is 0.335. The molecule has 4 rings (SSSR count). The van der Waals surface area contributed by atoms with Crippen molar-refractivity contribution in [2.75, 3.05) is 0 Å². The molecule has 0 aliphatic rings. The average Bonchev–Trinajstić information content (AvgIpc) is 2.84. The van der Waals surface area contributed by atoms with Gasteiger partial charge in [-0.2, -0.15) is 0 Å². The first-order chi connectivity index (χ1) is 15.6. The Balaban J connectivity index is 0.000000182. The molecule has 0 unspecified atom stereocenters. The van der Waals surface area contributed by atoms with Crippen LogP contribution in [0.3, 0.4) is 0 Å². The second-order valence-electron chi connectivity index (χ2n) is 7.74. The van der Waals surface area contributed by atoms with Crippen LogP contribution >= 0.6 is 0 Å². The van der Waals surface area contributed by atoms with Crippen molar-refractivity contribution in [1.82, 2.24) is 0 Å². The van der Waals surface area contributed by atoms with Crippen LogP contribution in [0.5, 0.6) is 11.5 Å². The topological polar surface area (TPSA) is 40.5 Å². The molecule has 0 aliphatic carbocycles. The molecule has 0 atom stereocenters. The molecule has 0 saturated carbocycles. The van der Waals surface area contributed by atoms with E-state index in [1.165, 1.54) is 16.7 Å². The summed E-state index contributed by atoms with van der Waals surface area (Å²) in [6.07, 6.45) is 2.90. The number of phenolic OH excluding ortho intramolecular Hbond substituents is 2. The molecule has 4 aromatic rings. The Kier molecular flexibility index (Phi) is 8.10. The summed E-state index contributed by atoms with van der Waals surface area (Å²) in [5.74, 6) is 0.734. The lowest BCUT2D eigenvalue weighted by Gasteiger charge is -2.13. The molecule has 32 heavy (non-hydrogen) atoms. The van der Waals surface area contributed by atoms with Gasteiger partial charge in [-0.3, -0.25) is 0 Å². The molecule has 0 aromatic heterocycles. The number of rotatable bonds is 5. The zero-order chi connectivity index (χ0) is 22.9. The monoisotopic (exact) mass is 424 g/mol. The molecular weight excluding hydrogens is 392 g/mol. The first kappa shape index (κ1) is 23.1. The van der Waals surface area contributed by atoms with E-state index in [9.17, 15) is 10.2 Å². The van der Waals surface area contributed by atoms with E-state index in [2.05, 4.69) is 63.2 Å². The third kappa shape index (κ3) is 5.39. The van der Waals surface area contributed by atoms with Gasteiger partial charge >= 0.3 is 0 Å². The van der Waals surface area contributed by atoms with Crippen LogP contribution in [-0.4, -0.2) is 10.2 Å². The van der Waals surface area contributed by atoms with Crippen molar-refractivity contribution in [1.29, 1.82) is 0 Å². The van der Waals surface area contributed by atoms with Gasteiger partial charge in [0.25, 0.3) is 0 Å². The van der Waals surface area contributed by atoms with E-state index < -0.39 is 0 Å². The summed E-state index contributed by atoms with van der Waals surface area (Å²) in [6, 6.07) is 29.9. The molecule has 2 nitrogen and oxygen atoms in total. The molecular formula is C30H32O2. The predicted molar refractivity (Wildman–Crippen MR) is 135 cm³/mol. The molecule has 0 bridgehead atoms. The summed E-state index contributed by atoms with van der Waals surface area (Å²) >= 11 is 0. The van der Waals surface area contributed by atoms with E-state index in [4.69, 9.17) is 0 Å². The Labute approximate surface area is 191 Å². The van der Waals surface area contributed by atoms with Gasteiger partial charge in [-0.15, -0.1) is 0 Å². The van der Waals surface area contributed by atoms with Gasteiger partial charge in [0.05, 0.1) is 0 Å². The van der Waals surface area contributed by atoms with Crippen LogP contribution in [0.2, 0.25) is 0 Å². The van der Waals surface area contributed by atoms with Gasteiger partial charge < -0.3 is 10.2 Å². The van der Waals surface area contributed by atoms with Crippen LogP contribution in [0, 0.1) is 0 Å². The fourth-order valence-corrected chi connectivity index (χ4v) is 3.93. The van der Waals surface area contributed by atoms with Crippen LogP contribution in [0.15, 0.2) is 91.0 Å². The number of hydrogen-bond acceptors (Lipinski definition) is 2. The summed E-state index contributed by atoms with van der Waals surface area (Å²) < 4.78 is 0. The van der Waals surface area contributed by atoms with Gasteiger partial charge in [0, 0.05) is 11.1 Å². The van der Waals surface area contributed by atoms with Gasteiger partial charge in [0.15, 0.2) is 0 Å². The molecule has 2 heteroatoms. The summed E-state index contributed by atoms with van der Waals surface area (Å²) in [5, 5.41) is 19.6. The fourth-order valence-electron chi connectivity index (χ4n) is 3.93. The van der Waals surface area contributed by atoms with Gasteiger partial charge in [-0.25, -0.2) is 0 Å². The Morgan fingerprint density at radius 3 is 1.72 bits per heavy atom. The zero-order valence-corrected chi connectivity index (χ0v) is 19.2. The van der Waals surface area contributed by atoms with E-state index >= 15 is 0 Å². The third-order valence-electron chi connectivity index (χ3n) is 5.77. The van der Waals surface area contributed by atoms with Crippen molar-refractivity contribution in [3.05, 3.63) is 108 Å². The van der Waals surface area contributed by atoms with E-state index in [-0.39, 0.29) is 0 Å². The standard InChI is InChI=1S/C16H18O.C14H14O/c1-3-12-8-5-6-9-14(12)15-10-7-11-16(17)13(15)4-2;1-2-11-7-9-12(10-8-11)13-5-3-4-6-14(13)15/h5-11,17H,3-4H2,1-2H3;3-10,15H,2H2,1H3. The zero-order valence-electron chi connectivity index (χ0n) is 19.2. The summed E-state index contributed by atoms with van der Waals surface area (Å²) in [7, 11) is 0. The fraction of sp³-hybridized carbons (Fsp3) is 0.200. The van der Waals surface area contributed by atoms with Gasteiger partial charge in [0.1, 0.15) is 11.5 Å². The SMILES string of the molecule is CCc1ccc(-c2ccccc2O)cc1.CCc1ccccc1-c1cccc(O)c1CC. The quantitative estimate of drug-likeness (QED) is 0.343. The maximum atomic E-state index is 9.92. The summed E-state index contributed by atoms with van der Waals surface area (Å²) in [5.41, 5.74) is 8.02. The smallest absolute Gasteiger partial charge is 0.123 e. The second-order valence-corrected chi connectivity index (χ2v) is 7.74. The minimum Gasteiger partial charge on any atom is -0.508 e. The van der Waals surface area contributed by atoms with Crippen molar-refractivity contribution < 1.29 is 10.2 Å². The first-order valence-corrected chi connectivity index (χ1v) is 11.3. The number of benzene rings is 4. The maximum absolute atomic E-state index is 9.92. The van der Waals surface area contributed by atoms with Crippen molar-refractivity contribution in [2.24, 2.45) is 0 Å². The predicted octanol–water partition coefficient (Wildman–Crippen LogP) is 7.81. The molecule has 164 valence electrons. The first-order valence-electron chi connectivity index (χ1n) is 11.3. The number of aromatic hydroxyl groups is 2. The van der Waals surface area contributed by atoms with Gasteiger partial charge in [0.2, 0.25) is 0 Å². The lowest BCUT2D eigenvalue weighted by atomic mass is 9.93. The van der Waals surface area contributed by atoms with Gasteiger partial charge in [-0.1, -0.05) is 99.6 Å². The van der Waals surface area contributed by atoms with Crippen LogP contribution in [0.25, 0.3) is 22.3 Å². The largest absolute Gasteiger partial charge is 0.508 e. The molecule has 0 aliphatic heterocycles. The van der Waals surface area contributed by atoms with E-state index in [0.29, 0.717) is 11.5 Å². The average molecular weight is 425 g/mol. The Morgan fingerprint density at radius 2 is 1.09 bits per heavy atom. The number of para-hydroxylation sites is 1. The van der Waals surface area contributed by atoms with E-state index in [1.54, 1.807) is 12.1 Å². The van der Waals surface area contributed by atoms with Crippen LogP contribution in [0.1, 0.15) is 37.5 Å². The molecule has 0 spiro atoms. The molecule has 0 heterocycles. The molecule has 0 radical (unpaired) electrons. The Morgan fingerprint density at radius 1 is 0.500 bits per heavy atom. The highest BCUT2D eigenvalue weighted by Gasteiger charge is 2.10. The molecule has 0 fully saturated rings. The third-order valence-corrected chi connectivity index (χ3v) is 5.77. The maximum Gasteiger partial charge on any atom is 0.123 e. The minimum absolute atomic E-state index is 0.335. The van der Waals surface area contributed by atoms with Crippen molar-refractivity contribution in [3.8, 4) is 33.8 Å². The normalized spacial score (nSPS) is 10.3. The van der Waals surface area contributed by atoms with Gasteiger partial charge in [-0.05, 0) is 59.2 Å². The summed E-state index contributed by atoms with van der Waals surface area (Å²) in [6.45, 7) is 6.37. The lowest BCUT2D eigenvalue weighted by molar-refractivity contribution is 0.469. The molecule has 2 N–H and O–H groups in total. The summed E-state index contributed by atoms with van der Waals surface area (Å²) in [4.78, 5) is 0.